The van der Waals surface area contributed by atoms with E-state index in [2.05, 4.69) is 10.2 Å². The third-order valence-corrected chi connectivity index (χ3v) is 4.20. The molecule has 0 aliphatic carbocycles. The predicted molar refractivity (Wildman–Crippen MR) is 82.9 cm³/mol. The van der Waals surface area contributed by atoms with Gasteiger partial charge in [0.1, 0.15) is 5.75 Å². The molecule has 7 heteroatoms. The number of benzene rings is 2. The fourth-order valence-corrected chi connectivity index (χ4v) is 2.39. The largest absolute Gasteiger partial charge is 0.496 e. The molecule has 2 aromatic rings. The van der Waals surface area contributed by atoms with Gasteiger partial charge >= 0.3 is 0 Å². The first-order valence-electron chi connectivity index (χ1n) is 6.46. The summed E-state index contributed by atoms with van der Waals surface area (Å²) in [7, 11) is -2.58. The Morgan fingerprint density at radius 1 is 0.955 bits per heavy atom. The van der Waals surface area contributed by atoms with Crippen molar-refractivity contribution in [2.24, 2.45) is 10.2 Å². The van der Waals surface area contributed by atoms with E-state index in [0.29, 0.717) is 11.4 Å². The summed E-state index contributed by atoms with van der Waals surface area (Å²) in [4.78, 5) is -0.178. The Hall–Kier alpha value is -2.25. The van der Waals surface area contributed by atoms with Crippen LogP contribution in [0.15, 0.2) is 51.5 Å². The van der Waals surface area contributed by atoms with Crippen LogP contribution < -0.4 is 4.74 Å². The topological polar surface area (TPSA) is 88.3 Å². The lowest BCUT2D eigenvalue weighted by molar-refractivity contribution is 0.411. The van der Waals surface area contributed by atoms with Crippen molar-refractivity contribution in [3.63, 3.8) is 0 Å². The van der Waals surface area contributed by atoms with E-state index in [-0.39, 0.29) is 4.90 Å². The molecule has 0 aromatic heterocycles. The second kappa shape index (κ2) is 6.25. The van der Waals surface area contributed by atoms with Crippen molar-refractivity contribution in [1.82, 2.24) is 0 Å². The summed E-state index contributed by atoms with van der Waals surface area (Å²) in [6.07, 6.45) is 0. The zero-order valence-electron chi connectivity index (χ0n) is 12.4. The van der Waals surface area contributed by atoms with E-state index in [9.17, 15) is 8.42 Å². The van der Waals surface area contributed by atoms with E-state index in [0.717, 1.165) is 16.9 Å². The smallest absolute Gasteiger partial charge is 0.294 e. The van der Waals surface area contributed by atoms with Crippen LogP contribution in [0.2, 0.25) is 0 Å². The van der Waals surface area contributed by atoms with Gasteiger partial charge in [0, 0.05) is 0 Å². The second-order valence-electron chi connectivity index (χ2n) is 4.71. The highest BCUT2D eigenvalue weighted by Gasteiger charge is 2.08. The molecular weight excluding hydrogens is 304 g/mol. The minimum absolute atomic E-state index is 0.178. The third kappa shape index (κ3) is 3.49. The lowest BCUT2D eigenvalue weighted by Crippen LogP contribution is -1.96. The first-order chi connectivity index (χ1) is 10.3. The highest BCUT2D eigenvalue weighted by Crippen LogP contribution is 2.30. The molecule has 6 nitrogen and oxygen atoms in total. The molecule has 0 saturated heterocycles. The van der Waals surface area contributed by atoms with Crippen LogP contribution in [0.1, 0.15) is 11.1 Å². The lowest BCUT2D eigenvalue weighted by Gasteiger charge is -2.08. The first kappa shape index (κ1) is 16.1. The van der Waals surface area contributed by atoms with Crippen LogP contribution in [0.3, 0.4) is 0 Å². The number of hydrogen-bond acceptors (Lipinski definition) is 5. The van der Waals surface area contributed by atoms with Crippen LogP contribution >= 0.6 is 0 Å². The van der Waals surface area contributed by atoms with E-state index in [1.54, 1.807) is 13.2 Å². The van der Waals surface area contributed by atoms with E-state index in [1.165, 1.54) is 24.3 Å². The average Bonchev–Trinajstić information content (AvgIpc) is 2.48. The zero-order valence-corrected chi connectivity index (χ0v) is 13.3. The van der Waals surface area contributed by atoms with Crippen LogP contribution in [0, 0.1) is 13.8 Å². The van der Waals surface area contributed by atoms with Gasteiger partial charge in [0.2, 0.25) is 0 Å². The highest BCUT2D eigenvalue weighted by atomic mass is 32.2. The molecule has 0 aliphatic rings. The van der Waals surface area contributed by atoms with Gasteiger partial charge in [-0.3, -0.25) is 4.55 Å². The van der Waals surface area contributed by atoms with Crippen LogP contribution in [-0.2, 0) is 10.1 Å². The molecule has 0 unspecified atom stereocenters. The van der Waals surface area contributed by atoms with Gasteiger partial charge < -0.3 is 4.74 Å². The second-order valence-corrected chi connectivity index (χ2v) is 6.13. The van der Waals surface area contributed by atoms with Crippen molar-refractivity contribution < 1.29 is 17.7 Å². The molecule has 0 atom stereocenters. The van der Waals surface area contributed by atoms with Crippen LogP contribution in [0.25, 0.3) is 0 Å². The molecular formula is C15H16N2O4S. The minimum Gasteiger partial charge on any atom is -0.496 e. The Morgan fingerprint density at radius 3 is 2.14 bits per heavy atom. The quantitative estimate of drug-likeness (QED) is 0.682. The molecule has 2 aromatic carbocycles. The number of ether oxygens (including phenoxy) is 1. The van der Waals surface area contributed by atoms with Crippen molar-refractivity contribution in [3.8, 4) is 5.75 Å². The van der Waals surface area contributed by atoms with E-state index in [1.807, 2.05) is 19.9 Å². The normalized spacial score (nSPS) is 11.8. The molecule has 0 bridgehead atoms. The minimum atomic E-state index is -4.19. The Labute approximate surface area is 129 Å². The molecule has 1 N–H and O–H groups in total. The molecule has 22 heavy (non-hydrogen) atoms. The summed E-state index contributed by atoms with van der Waals surface area (Å²) >= 11 is 0. The molecule has 0 fully saturated rings. The van der Waals surface area contributed by atoms with Crippen molar-refractivity contribution in [3.05, 3.63) is 47.5 Å². The number of methoxy groups -OCH3 is 1. The van der Waals surface area contributed by atoms with Crippen molar-refractivity contribution >= 4 is 21.5 Å². The van der Waals surface area contributed by atoms with Gasteiger partial charge in [0.25, 0.3) is 10.1 Å². The maximum Gasteiger partial charge on any atom is 0.294 e. The van der Waals surface area contributed by atoms with Crippen LogP contribution in [0.4, 0.5) is 11.4 Å². The molecule has 0 saturated carbocycles. The monoisotopic (exact) mass is 320 g/mol. The highest BCUT2D eigenvalue weighted by molar-refractivity contribution is 7.85. The van der Waals surface area contributed by atoms with E-state index in [4.69, 9.17) is 9.29 Å². The summed E-state index contributed by atoms with van der Waals surface area (Å²) in [5, 5.41) is 8.23. The van der Waals surface area contributed by atoms with Gasteiger partial charge in [-0.05, 0) is 61.4 Å². The van der Waals surface area contributed by atoms with Crippen molar-refractivity contribution in [2.45, 2.75) is 18.7 Å². The van der Waals surface area contributed by atoms with E-state index >= 15 is 0 Å². The van der Waals surface area contributed by atoms with E-state index < -0.39 is 10.1 Å². The summed E-state index contributed by atoms with van der Waals surface area (Å²) in [5.74, 6) is 0.786. The molecule has 2 rings (SSSR count). The number of hydrogen-bond donors (Lipinski definition) is 1. The predicted octanol–water partition coefficient (Wildman–Crippen LogP) is 3.97. The maximum atomic E-state index is 11.0. The fourth-order valence-electron chi connectivity index (χ4n) is 1.91. The molecule has 0 aliphatic heterocycles. The zero-order chi connectivity index (χ0) is 16.3. The first-order valence-corrected chi connectivity index (χ1v) is 7.90. The molecule has 0 radical (unpaired) electrons. The van der Waals surface area contributed by atoms with Crippen LogP contribution in [-0.4, -0.2) is 20.1 Å². The summed E-state index contributed by atoms with van der Waals surface area (Å²) in [6, 6.07) is 9.11. The Bertz CT molecular complexity index is 812. The van der Waals surface area contributed by atoms with Crippen molar-refractivity contribution in [2.75, 3.05) is 7.11 Å². The van der Waals surface area contributed by atoms with Crippen LogP contribution in [0.5, 0.6) is 5.75 Å². The third-order valence-electron chi connectivity index (χ3n) is 3.34. The standard InChI is InChI=1S/C15H16N2O4S/c1-10-11(2)15(21-3)9-8-14(10)17-16-12-4-6-13(7-5-12)22(18,19)20/h4-9H,1-3H3,(H,18,19,20). The summed E-state index contributed by atoms with van der Waals surface area (Å²) in [6.45, 7) is 3.86. The van der Waals surface area contributed by atoms with Crippen molar-refractivity contribution in [1.29, 1.82) is 0 Å². The number of rotatable bonds is 4. The Balaban J connectivity index is 2.28. The molecule has 0 heterocycles. The molecule has 0 spiro atoms. The SMILES string of the molecule is COc1ccc(N=Nc2ccc(S(=O)(=O)O)cc2)c(C)c1C. The maximum absolute atomic E-state index is 11.0. The Morgan fingerprint density at radius 2 is 1.59 bits per heavy atom. The fraction of sp³-hybridized carbons (Fsp3) is 0.200. The number of azo groups is 1. The summed E-state index contributed by atoms with van der Waals surface area (Å²) < 4.78 is 36.1. The average molecular weight is 320 g/mol. The van der Waals surface area contributed by atoms with Gasteiger partial charge in [0.05, 0.1) is 23.4 Å². The lowest BCUT2D eigenvalue weighted by atomic mass is 10.1. The molecule has 116 valence electrons. The summed E-state index contributed by atoms with van der Waals surface area (Å²) in [5.41, 5.74) is 3.13. The number of nitrogens with zero attached hydrogens (tertiary/aromatic N) is 2. The van der Waals surface area contributed by atoms with Gasteiger partial charge in [-0.15, -0.1) is 0 Å². The van der Waals surface area contributed by atoms with Gasteiger partial charge in [0.15, 0.2) is 0 Å². The Kier molecular flexibility index (Phi) is 4.58. The van der Waals surface area contributed by atoms with Gasteiger partial charge in [-0.1, -0.05) is 0 Å². The van der Waals surface area contributed by atoms with Gasteiger partial charge in [-0.25, -0.2) is 0 Å². The molecule has 0 amide bonds. The van der Waals surface area contributed by atoms with Gasteiger partial charge in [-0.2, -0.15) is 18.6 Å².